The van der Waals surface area contributed by atoms with E-state index in [1.807, 2.05) is 12.1 Å². The largest absolute Gasteiger partial charge is 0.361 e. The van der Waals surface area contributed by atoms with Crippen LogP contribution in [0.15, 0.2) is 30.5 Å². The van der Waals surface area contributed by atoms with Crippen LogP contribution in [0.25, 0.3) is 10.9 Å². The SMILES string of the molecule is CN1CC(=O)N(CC(=O)N2CCC(c3c[nH]c4ccccc34)CC2)C1=O. The minimum absolute atomic E-state index is 0.0503. The normalized spacial score (nSPS) is 19.0. The van der Waals surface area contributed by atoms with Crippen LogP contribution in [0.1, 0.15) is 24.3 Å². The predicted molar refractivity (Wildman–Crippen MR) is 96.6 cm³/mol. The molecule has 2 saturated heterocycles. The molecule has 0 saturated carbocycles. The maximum atomic E-state index is 12.5. The van der Waals surface area contributed by atoms with E-state index in [4.69, 9.17) is 0 Å². The van der Waals surface area contributed by atoms with Gasteiger partial charge in [0.25, 0.3) is 5.91 Å². The molecular formula is C19H22N4O3. The number of carbonyl (C=O) groups excluding carboxylic acids is 3. The lowest BCUT2D eigenvalue weighted by Crippen LogP contribution is -2.45. The summed E-state index contributed by atoms with van der Waals surface area (Å²) < 4.78 is 0. The number of likely N-dealkylation sites (tertiary alicyclic amines) is 1. The molecule has 2 aliphatic rings. The predicted octanol–water partition coefficient (Wildman–Crippen LogP) is 1.77. The van der Waals surface area contributed by atoms with Crippen LogP contribution < -0.4 is 0 Å². The molecule has 0 spiro atoms. The number of likely N-dealkylation sites (N-methyl/N-ethyl adjacent to an activating group) is 1. The van der Waals surface area contributed by atoms with E-state index in [0.29, 0.717) is 19.0 Å². The number of aromatic amines is 1. The molecule has 0 bridgehead atoms. The van der Waals surface area contributed by atoms with Gasteiger partial charge in [-0.15, -0.1) is 0 Å². The summed E-state index contributed by atoms with van der Waals surface area (Å²) in [4.78, 5) is 43.7. The lowest BCUT2D eigenvalue weighted by atomic mass is 9.89. The fourth-order valence-electron chi connectivity index (χ4n) is 3.93. The molecule has 2 aromatic rings. The van der Waals surface area contributed by atoms with Gasteiger partial charge >= 0.3 is 6.03 Å². The number of para-hydroxylation sites is 1. The Morgan fingerprint density at radius 1 is 1.19 bits per heavy atom. The van der Waals surface area contributed by atoms with Crippen LogP contribution in [-0.2, 0) is 9.59 Å². The van der Waals surface area contributed by atoms with E-state index in [9.17, 15) is 14.4 Å². The summed E-state index contributed by atoms with van der Waals surface area (Å²) in [5.74, 6) is -0.0460. The van der Waals surface area contributed by atoms with Crippen LogP contribution in [-0.4, -0.2) is 70.8 Å². The fourth-order valence-corrected chi connectivity index (χ4v) is 3.93. The van der Waals surface area contributed by atoms with Gasteiger partial charge in [-0.05, 0) is 30.4 Å². The van der Waals surface area contributed by atoms with Gasteiger partial charge in [-0.3, -0.25) is 14.5 Å². The van der Waals surface area contributed by atoms with Crippen molar-refractivity contribution in [2.75, 3.05) is 33.2 Å². The number of aromatic nitrogens is 1. The van der Waals surface area contributed by atoms with Gasteiger partial charge < -0.3 is 14.8 Å². The second-order valence-corrected chi connectivity index (χ2v) is 7.06. The van der Waals surface area contributed by atoms with Gasteiger partial charge in [0, 0.05) is 37.2 Å². The third kappa shape index (κ3) is 2.83. The maximum absolute atomic E-state index is 12.5. The van der Waals surface area contributed by atoms with Crippen molar-refractivity contribution >= 4 is 28.7 Å². The lowest BCUT2D eigenvalue weighted by Gasteiger charge is -2.32. The highest BCUT2D eigenvalue weighted by atomic mass is 16.2. The van der Waals surface area contributed by atoms with Crippen molar-refractivity contribution in [2.24, 2.45) is 0 Å². The van der Waals surface area contributed by atoms with Crippen molar-refractivity contribution in [3.05, 3.63) is 36.0 Å². The van der Waals surface area contributed by atoms with Crippen LogP contribution in [0.3, 0.4) is 0 Å². The summed E-state index contributed by atoms with van der Waals surface area (Å²) in [5, 5.41) is 1.24. The Labute approximate surface area is 151 Å². The second kappa shape index (κ2) is 6.48. The van der Waals surface area contributed by atoms with Crippen LogP contribution in [0, 0.1) is 0 Å². The molecule has 7 nitrogen and oxygen atoms in total. The van der Waals surface area contributed by atoms with E-state index in [0.717, 1.165) is 23.3 Å². The van der Waals surface area contributed by atoms with Gasteiger partial charge in [-0.1, -0.05) is 18.2 Å². The molecule has 0 atom stereocenters. The number of amides is 4. The fraction of sp³-hybridized carbons (Fsp3) is 0.421. The van der Waals surface area contributed by atoms with Crippen LogP contribution in [0.4, 0.5) is 4.79 Å². The van der Waals surface area contributed by atoms with Gasteiger partial charge in [-0.25, -0.2) is 4.79 Å². The minimum atomic E-state index is -0.392. The molecular weight excluding hydrogens is 332 g/mol. The number of nitrogens with one attached hydrogen (secondary N) is 1. The first-order chi connectivity index (χ1) is 12.5. The van der Waals surface area contributed by atoms with E-state index in [1.165, 1.54) is 15.8 Å². The molecule has 0 radical (unpaired) electrons. The van der Waals surface area contributed by atoms with Gasteiger partial charge in [0.15, 0.2) is 0 Å². The number of H-pyrrole nitrogens is 1. The molecule has 7 heteroatoms. The van der Waals surface area contributed by atoms with Gasteiger partial charge in [-0.2, -0.15) is 0 Å². The molecule has 3 heterocycles. The Bertz CT molecular complexity index is 867. The van der Waals surface area contributed by atoms with Crippen LogP contribution in [0.5, 0.6) is 0 Å². The van der Waals surface area contributed by atoms with E-state index >= 15 is 0 Å². The minimum Gasteiger partial charge on any atom is -0.361 e. The van der Waals surface area contributed by atoms with Crippen LogP contribution >= 0.6 is 0 Å². The lowest BCUT2D eigenvalue weighted by molar-refractivity contribution is -0.137. The average Bonchev–Trinajstić information content (AvgIpc) is 3.18. The number of carbonyl (C=O) groups is 3. The average molecular weight is 354 g/mol. The molecule has 4 amide bonds. The zero-order valence-electron chi connectivity index (χ0n) is 14.8. The Morgan fingerprint density at radius 2 is 1.92 bits per heavy atom. The third-order valence-electron chi connectivity index (χ3n) is 5.43. The molecule has 4 rings (SSSR count). The number of benzene rings is 1. The molecule has 136 valence electrons. The monoisotopic (exact) mass is 354 g/mol. The smallest absolute Gasteiger partial charge is 0.327 e. The standard InChI is InChI=1S/C19H22N4O3/c1-21-11-18(25)23(19(21)26)12-17(24)22-8-6-13(7-9-22)15-10-20-16-5-3-2-4-14(15)16/h2-5,10,13,20H,6-9,11-12H2,1H3. The zero-order chi connectivity index (χ0) is 18.3. The number of fused-ring (bicyclic) bond motifs is 1. The Kier molecular flexibility index (Phi) is 4.14. The molecule has 1 N–H and O–H groups in total. The number of hydrogen-bond donors (Lipinski definition) is 1. The number of nitrogens with zero attached hydrogens (tertiary/aromatic N) is 3. The highest BCUT2D eigenvalue weighted by Crippen LogP contribution is 2.33. The summed E-state index contributed by atoms with van der Waals surface area (Å²) in [7, 11) is 1.57. The van der Waals surface area contributed by atoms with E-state index in [2.05, 4.69) is 23.3 Å². The van der Waals surface area contributed by atoms with Crippen molar-refractivity contribution in [1.29, 1.82) is 0 Å². The molecule has 0 aliphatic carbocycles. The van der Waals surface area contributed by atoms with E-state index < -0.39 is 6.03 Å². The maximum Gasteiger partial charge on any atom is 0.327 e. The first-order valence-electron chi connectivity index (χ1n) is 8.94. The first kappa shape index (κ1) is 16.6. The highest BCUT2D eigenvalue weighted by molar-refractivity contribution is 6.04. The van der Waals surface area contributed by atoms with Gasteiger partial charge in [0.1, 0.15) is 13.1 Å². The van der Waals surface area contributed by atoms with E-state index in [1.54, 1.807) is 11.9 Å². The van der Waals surface area contributed by atoms with E-state index in [-0.39, 0.29) is 24.9 Å². The van der Waals surface area contributed by atoms with Gasteiger partial charge in [0.05, 0.1) is 0 Å². The summed E-state index contributed by atoms with van der Waals surface area (Å²) in [6, 6.07) is 7.86. The Morgan fingerprint density at radius 3 is 2.62 bits per heavy atom. The number of hydrogen-bond acceptors (Lipinski definition) is 3. The van der Waals surface area contributed by atoms with Crippen molar-refractivity contribution in [3.63, 3.8) is 0 Å². The molecule has 26 heavy (non-hydrogen) atoms. The number of piperidine rings is 1. The quantitative estimate of drug-likeness (QED) is 0.854. The topological polar surface area (TPSA) is 76.7 Å². The van der Waals surface area contributed by atoms with Crippen molar-refractivity contribution in [3.8, 4) is 0 Å². The molecule has 2 fully saturated rings. The van der Waals surface area contributed by atoms with Crippen molar-refractivity contribution in [1.82, 2.24) is 19.7 Å². The molecule has 2 aliphatic heterocycles. The Balaban J connectivity index is 1.38. The summed E-state index contributed by atoms with van der Waals surface area (Å²) >= 11 is 0. The Hall–Kier alpha value is -2.83. The molecule has 1 aromatic carbocycles. The summed E-state index contributed by atoms with van der Waals surface area (Å²) in [6.45, 7) is 1.19. The number of rotatable bonds is 3. The molecule has 1 aromatic heterocycles. The van der Waals surface area contributed by atoms with Crippen molar-refractivity contribution in [2.45, 2.75) is 18.8 Å². The third-order valence-corrected chi connectivity index (χ3v) is 5.43. The van der Waals surface area contributed by atoms with Gasteiger partial charge in [0.2, 0.25) is 5.91 Å². The second-order valence-electron chi connectivity index (χ2n) is 7.06. The zero-order valence-corrected chi connectivity index (χ0v) is 14.8. The summed E-state index contributed by atoms with van der Waals surface area (Å²) in [6.07, 6.45) is 3.84. The summed E-state index contributed by atoms with van der Waals surface area (Å²) in [5.41, 5.74) is 2.44. The number of imide groups is 1. The number of urea groups is 1. The van der Waals surface area contributed by atoms with Crippen molar-refractivity contribution < 1.29 is 14.4 Å². The molecule has 0 unspecified atom stereocenters. The first-order valence-corrected chi connectivity index (χ1v) is 8.94. The van der Waals surface area contributed by atoms with Crippen LogP contribution in [0.2, 0.25) is 0 Å². The highest BCUT2D eigenvalue weighted by Gasteiger charge is 2.36.